The Kier molecular flexibility index (Phi) is 6.26. The number of carbonyl (C=O) groups excluding carboxylic acids is 1. The van der Waals surface area contributed by atoms with Gasteiger partial charge in [-0.2, -0.15) is 25.1 Å². The number of amides is 2. The van der Waals surface area contributed by atoms with Crippen LogP contribution in [-0.4, -0.2) is 54.7 Å². The lowest BCUT2D eigenvalue weighted by molar-refractivity contribution is 0.186. The predicted octanol–water partition coefficient (Wildman–Crippen LogP) is 1.07. The van der Waals surface area contributed by atoms with Crippen molar-refractivity contribution in [1.29, 1.82) is 5.26 Å². The van der Waals surface area contributed by atoms with Crippen molar-refractivity contribution in [1.82, 2.24) is 34.6 Å². The second-order valence-corrected chi connectivity index (χ2v) is 7.24. The summed E-state index contributed by atoms with van der Waals surface area (Å²) in [5, 5.41) is 23.5. The van der Waals surface area contributed by atoms with Crippen LogP contribution < -0.4 is 16.3 Å². The summed E-state index contributed by atoms with van der Waals surface area (Å²) in [5.74, 6) is -1.68. The Balaban J connectivity index is 1.36. The summed E-state index contributed by atoms with van der Waals surface area (Å²) < 4.78 is 29.9. The van der Waals surface area contributed by atoms with Gasteiger partial charge in [0.25, 0.3) is 0 Å². The fraction of sp³-hybridized carbons (Fsp3) is 0.250. The van der Waals surface area contributed by atoms with E-state index in [4.69, 9.17) is 5.26 Å². The van der Waals surface area contributed by atoms with Gasteiger partial charge < -0.3 is 10.6 Å². The maximum Gasteiger partial charge on any atom is 0.351 e. The average Bonchev–Trinajstić information content (AvgIpc) is 3.44. The van der Waals surface area contributed by atoms with Crippen molar-refractivity contribution in [2.45, 2.75) is 12.5 Å². The third kappa shape index (κ3) is 4.58. The first-order valence-electron chi connectivity index (χ1n) is 10.0. The number of anilines is 1. The van der Waals surface area contributed by atoms with E-state index in [0.29, 0.717) is 12.0 Å². The molecule has 2 aromatic heterocycles. The van der Waals surface area contributed by atoms with Gasteiger partial charge in [0.05, 0.1) is 23.9 Å². The van der Waals surface area contributed by atoms with Crippen LogP contribution in [0.5, 0.6) is 0 Å². The van der Waals surface area contributed by atoms with E-state index in [0.717, 1.165) is 16.9 Å². The summed E-state index contributed by atoms with van der Waals surface area (Å²) in [4.78, 5) is 32.4. The normalized spacial score (nSPS) is 14.8. The van der Waals surface area contributed by atoms with Crippen LogP contribution in [0.2, 0.25) is 0 Å². The fourth-order valence-corrected chi connectivity index (χ4v) is 3.29. The number of nitrogens with one attached hydrogen (secondary N) is 2. The van der Waals surface area contributed by atoms with Crippen LogP contribution in [0.4, 0.5) is 19.5 Å². The smallest absolute Gasteiger partial charge is 0.351 e. The number of rotatable bonds is 6. The quantitative estimate of drug-likeness (QED) is 0.515. The molecule has 1 aliphatic heterocycles. The van der Waals surface area contributed by atoms with Crippen LogP contribution in [0.25, 0.3) is 5.82 Å². The number of hydrazone groups is 1. The molecule has 1 atom stereocenters. The highest BCUT2D eigenvalue weighted by atomic mass is 19.1. The molecule has 3 aromatic rings. The Bertz CT molecular complexity index is 1360. The van der Waals surface area contributed by atoms with Gasteiger partial charge in [0.1, 0.15) is 12.1 Å². The number of aromatic nitrogens is 5. The highest BCUT2D eigenvalue weighted by Gasteiger charge is 2.28. The second-order valence-electron chi connectivity index (χ2n) is 7.24. The molecule has 0 saturated carbocycles. The molecule has 3 heterocycles. The number of nitrogens with zero attached hydrogens (tertiary/aromatic N) is 8. The van der Waals surface area contributed by atoms with Crippen LogP contribution >= 0.6 is 0 Å². The largest absolute Gasteiger partial charge is 0.352 e. The molecular formula is C20H18F2N10O2. The Labute approximate surface area is 191 Å². The van der Waals surface area contributed by atoms with E-state index in [1.807, 2.05) is 6.07 Å². The standard InChI is InChI=1S/C20H18F2N10O2/c1-30-11-28-32(20(30)34)17-15(22)10-26-18(29-17)24-4-5-25-19(33)31-16(2-3-27-31)13-6-12(9-23)7-14(21)8-13/h3,6-8,10-11,16H,2,4-5H2,1H3,(H,25,33)(H,24,26,29)/t16-/m0/s1. The molecule has 0 radical (unpaired) electrons. The summed E-state index contributed by atoms with van der Waals surface area (Å²) in [6.07, 6.45) is 4.04. The molecule has 12 nitrogen and oxygen atoms in total. The molecule has 2 amide bonds. The van der Waals surface area contributed by atoms with Crippen LogP contribution in [0, 0.1) is 23.0 Å². The molecule has 2 N–H and O–H groups in total. The molecule has 14 heteroatoms. The number of benzene rings is 1. The summed E-state index contributed by atoms with van der Waals surface area (Å²) in [7, 11) is 1.47. The molecule has 1 aliphatic rings. The Hall–Kier alpha value is -4.67. The Morgan fingerprint density at radius 3 is 2.85 bits per heavy atom. The van der Waals surface area contributed by atoms with Crippen molar-refractivity contribution in [3.63, 3.8) is 0 Å². The van der Waals surface area contributed by atoms with E-state index in [2.05, 4.69) is 30.8 Å². The van der Waals surface area contributed by atoms with Gasteiger partial charge >= 0.3 is 11.7 Å². The third-order valence-corrected chi connectivity index (χ3v) is 4.91. The van der Waals surface area contributed by atoms with E-state index in [1.165, 1.54) is 41.3 Å². The first-order chi connectivity index (χ1) is 16.4. The number of carbonyl (C=O) groups is 1. The number of aryl methyl sites for hydroxylation is 1. The van der Waals surface area contributed by atoms with Gasteiger partial charge in [0, 0.05) is 32.8 Å². The molecule has 1 aromatic carbocycles. The maximum atomic E-state index is 14.1. The number of hydrogen-bond donors (Lipinski definition) is 2. The number of urea groups is 1. The highest BCUT2D eigenvalue weighted by Crippen LogP contribution is 2.29. The van der Waals surface area contributed by atoms with Gasteiger partial charge in [-0.1, -0.05) is 0 Å². The summed E-state index contributed by atoms with van der Waals surface area (Å²) in [6.45, 7) is 0.304. The molecule has 0 spiro atoms. The van der Waals surface area contributed by atoms with Gasteiger partial charge in [0.15, 0.2) is 11.6 Å². The zero-order chi connectivity index (χ0) is 24.2. The molecule has 4 rings (SSSR count). The van der Waals surface area contributed by atoms with E-state index in [-0.39, 0.29) is 30.4 Å². The van der Waals surface area contributed by atoms with Crippen LogP contribution in [0.15, 0.2) is 40.6 Å². The number of nitriles is 1. The third-order valence-electron chi connectivity index (χ3n) is 4.91. The topological polar surface area (TPSA) is 146 Å². The average molecular weight is 468 g/mol. The lowest BCUT2D eigenvalue weighted by Gasteiger charge is -2.22. The second kappa shape index (κ2) is 9.45. The zero-order valence-corrected chi connectivity index (χ0v) is 17.8. The van der Waals surface area contributed by atoms with Gasteiger partial charge in [-0.3, -0.25) is 4.57 Å². The molecule has 34 heavy (non-hydrogen) atoms. The molecule has 0 saturated heterocycles. The van der Waals surface area contributed by atoms with Gasteiger partial charge in [-0.25, -0.2) is 28.4 Å². The Morgan fingerprint density at radius 1 is 1.29 bits per heavy atom. The predicted molar refractivity (Wildman–Crippen MR) is 115 cm³/mol. The lowest BCUT2D eigenvalue weighted by Crippen LogP contribution is -2.39. The van der Waals surface area contributed by atoms with Crippen LogP contribution in [0.3, 0.4) is 0 Å². The monoisotopic (exact) mass is 468 g/mol. The van der Waals surface area contributed by atoms with Crippen LogP contribution in [-0.2, 0) is 7.05 Å². The van der Waals surface area contributed by atoms with Crippen molar-refractivity contribution < 1.29 is 13.6 Å². The summed E-state index contributed by atoms with van der Waals surface area (Å²) in [5.41, 5.74) is 0.0362. The SMILES string of the molecule is Cn1cnn(-c2nc(NCCNC(=O)N3N=CC[C@H]3c3cc(F)cc(C#N)c3)ncc2F)c1=O. The van der Waals surface area contributed by atoms with Crippen molar-refractivity contribution in [3.8, 4) is 11.9 Å². The van der Waals surface area contributed by atoms with Crippen molar-refractivity contribution in [3.05, 3.63) is 64.0 Å². The van der Waals surface area contributed by atoms with Crippen molar-refractivity contribution in [2.24, 2.45) is 12.1 Å². The fourth-order valence-electron chi connectivity index (χ4n) is 3.29. The first kappa shape index (κ1) is 22.5. The Morgan fingerprint density at radius 2 is 2.12 bits per heavy atom. The van der Waals surface area contributed by atoms with E-state index in [1.54, 1.807) is 0 Å². The summed E-state index contributed by atoms with van der Waals surface area (Å²) >= 11 is 0. The van der Waals surface area contributed by atoms with E-state index < -0.39 is 29.4 Å². The van der Waals surface area contributed by atoms with E-state index >= 15 is 0 Å². The molecular weight excluding hydrogens is 450 g/mol. The molecule has 0 aliphatic carbocycles. The van der Waals surface area contributed by atoms with Crippen molar-refractivity contribution >= 4 is 18.2 Å². The first-order valence-corrected chi connectivity index (χ1v) is 10.0. The highest BCUT2D eigenvalue weighted by molar-refractivity contribution is 5.78. The van der Waals surface area contributed by atoms with Gasteiger partial charge in [0.2, 0.25) is 5.95 Å². The lowest BCUT2D eigenvalue weighted by atomic mass is 10.0. The minimum Gasteiger partial charge on any atom is -0.352 e. The van der Waals surface area contributed by atoms with Gasteiger partial charge in [-0.05, 0) is 23.8 Å². The molecule has 0 bridgehead atoms. The van der Waals surface area contributed by atoms with Crippen molar-refractivity contribution in [2.75, 3.05) is 18.4 Å². The zero-order valence-electron chi connectivity index (χ0n) is 17.8. The van der Waals surface area contributed by atoms with E-state index in [9.17, 15) is 18.4 Å². The number of hydrogen-bond acceptors (Lipinski definition) is 8. The van der Waals surface area contributed by atoms with Crippen LogP contribution in [0.1, 0.15) is 23.6 Å². The molecule has 174 valence electrons. The minimum atomic E-state index is -0.825. The number of halogens is 2. The minimum absolute atomic E-state index is 0.0315. The maximum absolute atomic E-state index is 14.1. The molecule has 0 unspecified atom stereocenters. The summed E-state index contributed by atoms with van der Waals surface area (Å²) in [6, 6.07) is 4.71. The van der Waals surface area contributed by atoms with Gasteiger partial charge in [-0.15, -0.1) is 0 Å². The molecule has 0 fully saturated rings.